The van der Waals surface area contributed by atoms with Crippen molar-refractivity contribution in [1.82, 2.24) is 50.6 Å². The second-order valence-electron chi connectivity index (χ2n) is 21.0. The number of hydrogen-bond acceptors (Lipinski definition) is 14. The summed E-state index contributed by atoms with van der Waals surface area (Å²) in [5.41, 5.74) is 8.00. The minimum absolute atomic E-state index is 0.0316. The van der Waals surface area contributed by atoms with E-state index in [0.717, 1.165) is 98.4 Å². The summed E-state index contributed by atoms with van der Waals surface area (Å²) >= 11 is 3.16. The van der Waals surface area contributed by atoms with Crippen LogP contribution in [0.4, 0.5) is 5.69 Å². The number of hydrogen-bond donors (Lipinski definition) is 5. The number of fused-ring (bicyclic) bond motifs is 4. The van der Waals surface area contributed by atoms with Crippen LogP contribution < -0.4 is 21.3 Å². The summed E-state index contributed by atoms with van der Waals surface area (Å²) in [6.45, 7) is 9.39. The fourth-order valence-corrected chi connectivity index (χ4v) is 12.8. The third-order valence-corrected chi connectivity index (χ3v) is 17.5. The van der Waals surface area contributed by atoms with Crippen molar-refractivity contribution in [2.24, 2.45) is 17.3 Å². The number of benzene rings is 1. The molecule has 6 heterocycles. The number of likely N-dealkylation sites (tertiary alicyclic amines) is 1. The van der Waals surface area contributed by atoms with Crippen molar-refractivity contribution in [3.05, 3.63) is 88.3 Å². The first kappa shape index (κ1) is 48.0. The van der Waals surface area contributed by atoms with Gasteiger partial charge in [0.1, 0.15) is 23.2 Å². The van der Waals surface area contributed by atoms with Gasteiger partial charge in [0.2, 0.25) is 23.6 Å². The zero-order valence-corrected chi connectivity index (χ0v) is 42.3. The predicted molar refractivity (Wildman–Crippen MR) is 270 cm³/mol. The Morgan fingerprint density at radius 2 is 1.63 bits per heavy atom. The predicted octanol–water partition coefficient (Wildman–Crippen LogP) is 6.73. The van der Waals surface area contributed by atoms with Crippen molar-refractivity contribution in [1.29, 1.82) is 5.26 Å². The van der Waals surface area contributed by atoms with Crippen LogP contribution in [0, 0.1) is 35.5 Å². The third-order valence-electron chi connectivity index (χ3n) is 15.3. The Hall–Kier alpha value is -6.62. The van der Waals surface area contributed by atoms with Gasteiger partial charge in [0.05, 0.1) is 74.3 Å². The number of thiazole rings is 1. The number of β-amino-alcohol motifs (C(OH)–C–C–N with tert-alkyl or cyclic N) is 1. The normalized spacial score (nSPS) is 24.5. The van der Waals surface area contributed by atoms with Gasteiger partial charge in [-0.2, -0.15) is 10.4 Å². The van der Waals surface area contributed by atoms with Crippen LogP contribution in [0.15, 0.2) is 66.4 Å². The molecular weight excluding hydrogens is 937 g/mol. The van der Waals surface area contributed by atoms with Gasteiger partial charge in [-0.05, 0) is 99.6 Å². The number of nitriles is 1. The van der Waals surface area contributed by atoms with Gasteiger partial charge in [-0.1, -0.05) is 56.4 Å². The Morgan fingerprint density at radius 3 is 2.31 bits per heavy atom. The molecule has 5 aromatic heterocycles. The Balaban J connectivity index is 0.739. The maximum absolute atomic E-state index is 14.4. The lowest BCUT2D eigenvalue weighted by molar-refractivity contribution is -0.144. The lowest BCUT2D eigenvalue weighted by atomic mass is 9.57. The summed E-state index contributed by atoms with van der Waals surface area (Å²) in [6.07, 6.45) is 7.86. The van der Waals surface area contributed by atoms with Crippen LogP contribution in [0.5, 0.6) is 0 Å². The molecule has 0 radical (unpaired) electrons. The number of aromatic nitrogens is 6. The highest BCUT2D eigenvalue weighted by Gasteiger charge is 2.55. The van der Waals surface area contributed by atoms with Crippen LogP contribution in [0.3, 0.4) is 0 Å². The van der Waals surface area contributed by atoms with Crippen LogP contribution in [0.25, 0.3) is 37.9 Å². The van der Waals surface area contributed by atoms with Crippen LogP contribution in [-0.4, -0.2) is 101 Å². The smallest absolute Gasteiger partial charge is 0.246 e. The molecule has 1 aromatic carbocycles. The zero-order chi connectivity index (χ0) is 50.0. The number of rotatable bonds is 13. The summed E-state index contributed by atoms with van der Waals surface area (Å²) in [4.78, 5) is 67.6. The molecule has 368 valence electrons. The van der Waals surface area contributed by atoms with Crippen molar-refractivity contribution in [3.8, 4) is 38.5 Å². The minimum Gasteiger partial charge on any atom is -0.391 e. The van der Waals surface area contributed by atoms with Gasteiger partial charge in [-0.25, -0.2) is 9.50 Å². The monoisotopic (exact) mass is 994 g/mol. The van der Waals surface area contributed by atoms with Gasteiger partial charge in [-0.3, -0.25) is 24.2 Å². The summed E-state index contributed by atoms with van der Waals surface area (Å²) in [7, 11) is 1.86. The maximum Gasteiger partial charge on any atom is 0.246 e. The molecule has 17 nitrogen and oxygen atoms in total. The molecular formula is C52H58N12O5S2. The number of aryl methyl sites for hydroxylation is 1. The fourth-order valence-electron chi connectivity index (χ4n) is 10.9. The molecule has 19 heteroatoms. The van der Waals surface area contributed by atoms with Crippen molar-refractivity contribution in [2.45, 2.75) is 121 Å². The minimum atomic E-state index is -0.992. The molecule has 0 spiro atoms. The van der Waals surface area contributed by atoms with E-state index in [9.17, 15) is 29.5 Å². The van der Waals surface area contributed by atoms with E-state index in [4.69, 9.17) is 10.1 Å². The largest absolute Gasteiger partial charge is 0.391 e. The highest BCUT2D eigenvalue weighted by molar-refractivity contribution is 7.15. The summed E-state index contributed by atoms with van der Waals surface area (Å²) in [6, 6.07) is 15.4. The number of nitrogens with zero attached hydrogens (tertiary/aromatic N) is 8. The average Bonchev–Trinajstić information content (AvgIpc) is 3.74. The molecule has 2 bridgehead atoms. The van der Waals surface area contributed by atoms with E-state index in [2.05, 4.69) is 42.5 Å². The lowest BCUT2D eigenvalue weighted by Gasteiger charge is -2.52. The van der Waals surface area contributed by atoms with E-state index in [1.165, 1.54) is 11.1 Å². The molecule has 5 aliphatic rings. The van der Waals surface area contributed by atoms with E-state index in [1.54, 1.807) is 33.3 Å². The van der Waals surface area contributed by atoms with Crippen LogP contribution in [0.1, 0.15) is 107 Å². The molecule has 71 heavy (non-hydrogen) atoms. The Morgan fingerprint density at radius 1 is 0.901 bits per heavy atom. The van der Waals surface area contributed by atoms with E-state index in [-0.39, 0.29) is 47.7 Å². The van der Waals surface area contributed by atoms with Crippen LogP contribution in [-0.2, 0) is 24.6 Å². The van der Waals surface area contributed by atoms with E-state index in [1.807, 2.05) is 95.8 Å². The topological polar surface area (TPSA) is 233 Å². The number of anilines is 1. The van der Waals surface area contributed by atoms with Gasteiger partial charge in [0.25, 0.3) is 0 Å². The van der Waals surface area contributed by atoms with Crippen molar-refractivity contribution in [3.63, 3.8) is 0 Å². The van der Waals surface area contributed by atoms with E-state index >= 15 is 0 Å². The zero-order valence-electron chi connectivity index (χ0n) is 40.7. The first-order valence-corrected chi connectivity index (χ1v) is 26.0. The fraction of sp³-hybridized carbons (Fsp3) is 0.462. The SMILES string of the molecule is CNc1cc(-c2ccc3cc(C#N)cnn23)ncc1-c1nnc(C23CCC(NC(=O)[C@@H]4C[C@@H]4C(=O)N[C@H](C(=O)N4C[C@H](O)C[C@H]4C(=O)N[C@@H](C)c4ccc(-c5scnc5C)cc4)C(C)(C)C)(CC2)CC3)s1. The van der Waals surface area contributed by atoms with Gasteiger partial charge < -0.3 is 31.3 Å². The first-order valence-electron chi connectivity index (χ1n) is 24.3. The number of amides is 4. The Labute approximate surface area is 419 Å². The number of carbonyl (C=O) groups is 4. The number of pyridine rings is 1. The van der Waals surface area contributed by atoms with Gasteiger partial charge in [0.15, 0.2) is 5.01 Å². The molecule has 5 N–H and O–H groups in total. The molecule has 1 saturated heterocycles. The van der Waals surface area contributed by atoms with Gasteiger partial charge in [-0.15, -0.1) is 21.5 Å². The third kappa shape index (κ3) is 9.17. The lowest BCUT2D eigenvalue weighted by Crippen LogP contribution is -2.59. The molecule has 4 saturated carbocycles. The number of aliphatic hydroxyl groups is 1. The summed E-state index contributed by atoms with van der Waals surface area (Å²) in [5, 5.41) is 48.4. The summed E-state index contributed by atoms with van der Waals surface area (Å²) < 4.78 is 1.77. The molecule has 0 unspecified atom stereocenters. The van der Waals surface area contributed by atoms with Crippen molar-refractivity contribution >= 4 is 57.5 Å². The molecule has 4 aliphatic carbocycles. The highest BCUT2D eigenvalue weighted by Crippen LogP contribution is 2.55. The quantitative estimate of drug-likeness (QED) is 0.0811. The molecule has 6 aromatic rings. The molecule has 11 rings (SSSR count). The Kier molecular flexibility index (Phi) is 12.5. The number of nitrogens with one attached hydrogen (secondary N) is 4. The first-order chi connectivity index (χ1) is 34.0. The standard InChI is InChI=1S/C52H58N12O5S2/c1-28(31-7-9-32(10-8-31)42-29(2)56-27-70-42)58-46(68)41-20-34(65)26-63(41)48(69)43(50(3,4)5)59-44(66)35-21-36(35)45(67)60-52-16-13-51(14-17-52,15-18-52)49-62-61-47(71-49)37-25-55-39(22-38(37)54-6)40-12-11-33-19-30(23-53)24-57-64(33)40/h7-12,19,22,24-25,27-28,34-36,41,43,65H,13-18,20-21,26H2,1-6H3,(H,54,55)(H,58,68)(H,59,66)(H,60,67)/t28-,34+,35-,36+,41-,43+,51?,52?/m0/s1. The molecule has 1 aliphatic heterocycles. The van der Waals surface area contributed by atoms with Crippen molar-refractivity contribution in [2.75, 3.05) is 18.9 Å². The average molecular weight is 995 g/mol. The number of carbonyl (C=O) groups excluding carboxylic acids is 4. The van der Waals surface area contributed by atoms with Crippen molar-refractivity contribution < 1.29 is 24.3 Å². The van der Waals surface area contributed by atoms with Crippen LogP contribution in [0.2, 0.25) is 0 Å². The van der Waals surface area contributed by atoms with Crippen LogP contribution >= 0.6 is 22.7 Å². The molecule has 4 amide bonds. The number of aliphatic hydroxyl groups excluding tert-OH is 1. The molecule has 5 fully saturated rings. The second-order valence-corrected chi connectivity index (χ2v) is 22.8. The van der Waals surface area contributed by atoms with Gasteiger partial charge >= 0.3 is 0 Å². The maximum atomic E-state index is 14.4. The summed E-state index contributed by atoms with van der Waals surface area (Å²) in [5.74, 6) is -2.39. The Bertz CT molecular complexity index is 3070. The van der Waals surface area contributed by atoms with Gasteiger partial charge in [0, 0.05) is 42.9 Å². The highest BCUT2D eigenvalue weighted by atomic mass is 32.1. The second kappa shape index (κ2) is 18.5. The van der Waals surface area contributed by atoms with E-state index in [0.29, 0.717) is 12.0 Å². The van der Waals surface area contributed by atoms with E-state index < -0.39 is 41.3 Å². The molecule has 6 atom stereocenters.